The number of amides is 2. The Kier molecular flexibility index (Phi) is 8.62. The lowest BCUT2D eigenvalue weighted by Crippen LogP contribution is -2.49. The number of rotatable bonds is 9. The summed E-state index contributed by atoms with van der Waals surface area (Å²) in [5.41, 5.74) is 1.87. The van der Waals surface area contributed by atoms with Gasteiger partial charge in [0.25, 0.3) is 0 Å². The number of sulfonamides is 1. The average molecular weight is 471 g/mol. The van der Waals surface area contributed by atoms with Gasteiger partial charge in [-0.3, -0.25) is 9.59 Å². The molecule has 2 aromatic carbocycles. The molecule has 0 saturated carbocycles. The van der Waals surface area contributed by atoms with E-state index in [9.17, 15) is 18.0 Å². The lowest BCUT2D eigenvalue weighted by molar-refractivity contribution is -0.131. The molecular weight excluding hydrogens is 440 g/mol. The highest BCUT2D eigenvalue weighted by Crippen LogP contribution is 2.16. The fourth-order valence-electron chi connectivity index (χ4n) is 3.57. The third-order valence-electron chi connectivity index (χ3n) is 5.34. The SMILES string of the molecule is CCNS(=O)(=O)c1ccc(/C=C/C(=O)NCCC(=O)N2CCN(c3ccccc3)CC2)cc1. The van der Waals surface area contributed by atoms with E-state index in [0.29, 0.717) is 25.2 Å². The Hall–Kier alpha value is -3.17. The van der Waals surface area contributed by atoms with Gasteiger partial charge in [-0.05, 0) is 35.9 Å². The van der Waals surface area contributed by atoms with Crippen molar-refractivity contribution in [2.45, 2.75) is 18.2 Å². The molecule has 0 atom stereocenters. The van der Waals surface area contributed by atoms with Gasteiger partial charge in [-0.25, -0.2) is 13.1 Å². The van der Waals surface area contributed by atoms with E-state index in [2.05, 4.69) is 27.1 Å². The van der Waals surface area contributed by atoms with E-state index in [1.54, 1.807) is 25.1 Å². The zero-order valence-corrected chi connectivity index (χ0v) is 19.6. The normalized spacial score (nSPS) is 14.5. The van der Waals surface area contributed by atoms with Crippen LogP contribution in [0.2, 0.25) is 0 Å². The van der Waals surface area contributed by atoms with Gasteiger partial charge in [0.2, 0.25) is 21.8 Å². The molecule has 1 aliphatic rings. The molecular formula is C24H30N4O4S. The number of nitrogens with zero attached hydrogens (tertiary/aromatic N) is 2. The molecule has 2 amide bonds. The molecule has 8 nitrogen and oxygen atoms in total. The summed E-state index contributed by atoms with van der Waals surface area (Å²) in [6, 6.07) is 16.4. The Bertz CT molecular complexity index is 1060. The molecule has 3 rings (SSSR count). The van der Waals surface area contributed by atoms with Crippen LogP contribution >= 0.6 is 0 Å². The minimum atomic E-state index is -3.50. The number of carbonyl (C=O) groups is 2. The summed E-state index contributed by atoms with van der Waals surface area (Å²) >= 11 is 0. The quantitative estimate of drug-likeness (QED) is 0.545. The Labute approximate surface area is 195 Å². The van der Waals surface area contributed by atoms with E-state index < -0.39 is 10.0 Å². The number of hydrogen-bond donors (Lipinski definition) is 2. The van der Waals surface area contributed by atoms with Crippen LogP contribution in [-0.4, -0.2) is 64.4 Å². The highest BCUT2D eigenvalue weighted by Gasteiger charge is 2.20. The monoisotopic (exact) mass is 470 g/mol. The summed E-state index contributed by atoms with van der Waals surface area (Å²) in [5, 5.41) is 2.72. The van der Waals surface area contributed by atoms with E-state index >= 15 is 0 Å². The maximum atomic E-state index is 12.4. The summed E-state index contributed by atoms with van der Waals surface area (Å²) < 4.78 is 26.3. The minimum Gasteiger partial charge on any atom is -0.368 e. The number of nitrogens with one attached hydrogen (secondary N) is 2. The lowest BCUT2D eigenvalue weighted by atomic mass is 10.2. The summed E-state index contributed by atoms with van der Waals surface area (Å²) in [6.45, 7) is 5.21. The maximum absolute atomic E-state index is 12.4. The van der Waals surface area contributed by atoms with Gasteiger partial charge in [0.15, 0.2) is 0 Å². The van der Waals surface area contributed by atoms with Crippen molar-refractivity contribution in [2.75, 3.05) is 44.2 Å². The maximum Gasteiger partial charge on any atom is 0.244 e. The number of para-hydroxylation sites is 1. The Morgan fingerprint density at radius 3 is 2.27 bits per heavy atom. The van der Waals surface area contributed by atoms with Gasteiger partial charge in [-0.1, -0.05) is 37.3 Å². The number of hydrogen-bond acceptors (Lipinski definition) is 5. The fraction of sp³-hybridized carbons (Fsp3) is 0.333. The largest absolute Gasteiger partial charge is 0.368 e. The molecule has 0 aliphatic carbocycles. The second-order valence-electron chi connectivity index (χ2n) is 7.65. The molecule has 1 aliphatic heterocycles. The second kappa shape index (κ2) is 11.6. The molecule has 0 aromatic heterocycles. The fourth-order valence-corrected chi connectivity index (χ4v) is 4.61. The average Bonchev–Trinajstić information content (AvgIpc) is 2.83. The van der Waals surface area contributed by atoms with Gasteiger partial charge >= 0.3 is 0 Å². The van der Waals surface area contributed by atoms with E-state index in [-0.39, 0.29) is 29.7 Å². The molecule has 0 bridgehead atoms. The van der Waals surface area contributed by atoms with Crippen molar-refractivity contribution in [1.29, 1.82) is 0 Å². The van der Waals surface area contributed by atoms with Gasteiger partial charge in [0.05, 0.1) is 4.90 Å². The van der Waals surface area contributed by atoms with Gasteiger partial charge in [-0.15, -0.1) is 0 Å². The highest BCUT2D eigenvalue weighted by molar-refractivity contribution is 7.89. The number of benzene rings is 2. The molecule has 0 radical (unpaired) electrons. The van der Waals surface area contributed by atoms with Crippen LogP contribution < -0.4 is 14.9 Å². The van der Waals surface area contributed by atoms with Crippen LogP contribution in [0.25, 0.3) is 6.08 Å². The molecule has 2 N–H and O–H groups in total. The highest BCUT2D eigenvalue weighted by atomic mass is 32.2. The Morgan fingerprint density at radius 1 is 0.970 bits per heavy atom. The first kappa shape index (κ1) is 24.5. The number of carbonyl (C=O) groups excluding carboxylic acids is 2. The third-order valence-corrected chi connectivity index (χ3v) is 6.91. The molecule has 1 saturated heterocycles. The van der Waals surface area contributed by atoms with E-state index in [4.69, 9.17) is 0 Å². The van der Waals surface area contributed by atoms with Crippen molar-refractivity contribution in [3.05, 3.63) is 66.2 Å². The van der Waals surface area contributed by atoms with E-state index in [0.717, 1.165) is 18.8 Å². The Balaban J connectivity index is 1.39. The summed E-state index contributed by atoms with van der Waals surface area (Å²) in [4.78, 5) is 28.8. The van der Waals surface area contributed by atoms with Gasteiger partial charge in [0, 0.05) is 57.5 Å². The minimum absolute atomic E-state index is 0.0319. The van der Waals surface area contributed by atoms with Gasteiger partial charge in [0.1, 0.15) is 0 Å². The van der Waals surface area contributed by atoms with Crippen molar-refractivity contribution >= 4 is 33.6 Å². The number of anilines is 1. The molecule has 33 heavy (non-hydrogen) atoms. The van der Waals surface area contributed by atoms with Crippen LogP contribution in [0.5, 0.6) is 0 Å². The van der Waals surface area contributed by atoms with Crippen molar-refractivity contribution in [3.8, 4) is 0 Å². The van der Waals surface area contributed by atoms with Crippen molar-refractivity contribution in [3.63, 3.8) is 0 Å². The Morgan fingerprint density at radius 2 is 1.64 bits per heavy atom. The lowest BCUT2D eigenvalue weighted by Gasteiger charge is -2.36. The molecule has 176 valence electrons. The van der Waals surface area contributed by atoms with Crippen LogP contribution in [0, 0.1) is 0 Å². The van der Waals surface area contributed by atoms with Crippen molar-refractivity contribution < 1.29 is 18.0 Å². The first-order chi connectivity index (χ1) is 15.9. The zero-order valence-electron chi connectivity index (χ0n) is 18.7. The third kappa shape index (κ3) is 7.16. The second-order valence-corrected chi connectivity index (χ2v) is 9.42. The molecule has 1 fully saturated rings. The van der Waals surface area contributed by atoms with Crippen LogP contribution in [-0.2, 0) is 19.6 Å². The van der Waals surface area contributed by atoms with Crippen LogP contribution in [0.1, 0.15) is 18.9 Å². The molecule has 2 aromatic rings. The van der Waals surface area contributed by atoms with Crippen LogP contribution in [0.15, 0.2) is 65.6 Å². The molecule has 0 spiro atoms. The molecule has 9 heteroatoms. The molecule has 1 heterocycles. The predicted octanol–water partition coefficient (Wildman–Crippen LogP) is 1.85. The van der Waals surface area contributed by atoms with E-state index in [1.807, 2.05) is 23.1 Å². The first-order valence-corrected chi connectivity index (χ1v) is 12.5. The summed E-state index contributed by atoms with van der Waals surface area (Å²) in [5.74, 6) is -0.273. The first-order valence-electron chi connectivity index (χ1n) is 11.0. The topological polar surface area (TPSA) is 98.8 Å². The van der Waals surface area contributed by atoms with Gasteiger partial charge in [-0.2, -0.15) is 0 Å². The summed E-state index contributed by atoms with van der Waals surface area (Å²) in [7, 11) is -3.50. The predicted molar refractivity (Wildman–Crippen MR) is 129 cm³/mol. The standard InChI is InChI=1S/C24H30N4O4S/c1-2-26-33(31,32)22-11-8-20(9-12-22)10-13-23(29)25-15-14-24(30)28-18-16-27(17-19-28)21-6-4-3-5-7-21/h3-13,26H,2,14-19H2,1H3,(H,25,29)/b13-10+. The van der Waals surface area contributed by atoms with Crippen molar-refractivity contribution in [2.24, 2.45) is 0 Å². The van der Waals surface area contributed by atoms with Gasteiger partial charge < -0.3 is 15.1 Å². The van der Waals surface area contributed by atoms with Crippen LogP contribution in [0.3, 0.4) is 0 Å². The molecule has 0 unspecified atom stereocenters. The number of piperazine rings is 1. The van der Waals surface area contributed by atoms with E-state index in [1.165, 1.54) is 18.2 Å². The smallest absolute Gasteiger partial charge is 0.244 e. The summed E-state index contributed by atoms with van der Waals surface area (Å²) in [6.07, 6.45) is 3.22. The zero-order chi connectivity index (χ0) is 23.7. The van der Waals surface area contributed by atoms with Crippen molar-refractivity contribution in [1.82, 2.24) is 14.9 Å². The van der Waals surface area contributed by atoms with Crippen LogP contribution in [0.4, 0.5) is 5.69 Å².